The number of rotatable bonds is 4. The van der Waals surface area contributed by atoms with Gasteiger partial charge in [0.2, 0.25) is 0 Å². The Balaban J connectivity index is 1.71. The molecule has 2 aromatic carbocycles. The summed E-state index contributed by atoms with van der Waals surface area (Å²) in [6, 6.07) is 17.9. The number of para-hydroxylation sites is 1. The normalized spacial score (nSPS) is 11.5. The Morgan fingerprint density at radius 1 is 1.07 bits per heavy atom. The van der Waals surface area contributed by atoms with Crippen LogP contribution in [0.5, 0.6) is 5.75 Å². The quantitative estimate of drug-likeness (QED) is 0.334. The minimum absolute atomic E-state index is 0.0851. The molecule has 30 heavy (non-hydrogen) atoms. The van der Waals surface area contributed by atoms with Gasteiger partial charge in [0.25, 0.3) is 5.91 Å². The molecule has 6 nitrogen and oxygen atoms in total. The molecule has 2 aromatic heterocycles. The number of phenolic OH excluding ortho intramolecular Hbond substituents is 1. The summed E-state index contributed by atoms with van der Waals surface area (Å²) < 4.78 is 0.803. The highest BCUT2D eigenvalue weighted by atomic mass is 79.9. The van der Waals surface area contributed by atoms with Crippen LogP contribution >= 0.6 is 15.9 Å². The van der Waals surface area contributed by atoms with Crippen molar-refractivity contribution in [3.8, 4) is 17.0 Å². The Hall–Kier alpha value is -3.58. The summed E-state index contributed by atoms with van der Waals surface area (Å²) in [6.45, 7) is 1.72. The predicted molar refractivity (Wildman–Crippen MR) is 120 cm³/mol. The first-order chi connectivity index (χ1) is 14.5. The van der Waals surface area contributed by atoms with Gasteiger partial charge in [0.15, 0.2) is 0 Å². The zero-order chi connectivity index (χ0) is 21.1. The number of nitrogens with zero attached hydrogens (tertiary/aromatic N) is 3. The molecule has 0 saturated carbocycles. The zero-order valence-corrected chi connectivity index (χ0v) is 17.6. The fraction of sp³-hybridized carbons (Fsp3) is 0.0435. The molecule has 0 saturated heterocycles. The molecule has 148 valence electrons. The third kappa shape index (κ3) is 4.06. The van der Waals surface area contributed by atoms with E-state index in [0.717, 1.165) is 15.4 Å². The molecule has 0 spiro atoms. The number of nitrogens with one attached hydrogen (secondary N) is 1. The van der Waals surface area contributed by atoms with E-state index < -0.39 is 0 Å². The average Bonchev–Trinajstić information content (AvgIpc) is 2.78. The number of fused-ring (bicyclic) bond motifs is 1. The number of hydrogen-bond acceptors (Lipinski definition) is 5. The number of amides is 1. The van der Waals surface area contributed by atoms with Gasteiger partial charge >= 0.3 is 0 Å². The summed E-state index contributed by atoms with van der Waals surface area (Å²) >= 11 is 3.37. The number of aromatic hydroxyl groups is 1. The monoisotopic (exact) mass is 460 g/mol. The van der Waals surface area contributed by atoms with Crippen molar-refractivity contribution >= 4 is 38.5 Å². The molecule has 2 N–H and O–H groups in total. The largest absolute Gasteiger partial charge is 0.507 e. The van der Waals surface area contributed by atoms with Gasteiger partial charge < -0.3 is 5.11 Å². The van der Waals surface area contributed by atoms with Gasteiger partial charge in [0.05, 0.1) is 22.5 Å². The molecule has 0 aliphatic carbocycles. The highest BCUT2D eigenvalue weighted by molar-refractivity contribution is 9.10. The third-order valence-corrected chi connectivity index (χ3v) is 5.08. The molecule has 7 heteroatoms. The lowest BCUT2D eigenvalue weighted by Gasteiger charge is -2.10. The van der Waals surface area contributed by atoms with Gasteiger partial charge in [-0.25, -0.2) is 10.4 Å². The lowest BCUT2D eigenvalue weighted by atomic mass is 10.0. The molecule has 0 radical (unpaired) electrons. The number of hydrogen-bond donors (Lipinski definition) is 2. The summed E-state index contributed by atoms with van der Waals surface area (Å²) in [4.78, 5) is 21.8. The minimum atomic E-state index is -0.368. The average molecular weight is 461 g/mol. The molecular weight excluding hydrogens is 444 g/mol. The van der Waals surface area contributed by atoms with E-state index in [4.69, 9.17) is 0 Å². The van der Waals surface area contributed by atoms with Crippen molar-refractivity contribution in [2.45, 2.75) is 6.92 Å². The summed E-state index contributed by atoms with van der Waals surface area (Å²) in [6.07, 6.45) is 3.39. The number of carbonyl (C=O) groups excluding carboxylic acids is 1. The van der Waals surface area contributed by atoms with Crippen molar-refractivity contribution in [2.75, 3.05) is 0 Å². The Morgan fingerprint density at radius 2 is 1.90 bits per heavy atom. The van der Waals surface area contributed by atoms with E-state index in [1.165, 1.54) is 0 Å². The first-order valence-electron chi connectivity index (χ1n) is 9.16. The number of aromatic nitrogens is 2. The van der Waals surface area contributed by atoms with E-state index in [9.17, 15) is 9.90 Å². The fourth-order valence-electron chi connectivity index (χ4n) is 3.08. The van der Waals surface area contributed by atoms with Gasteiger partial charge in [-0.05, 0) is 49.4 Å². The van der Waals surface area contributed by atoms with Crippen LogP contribution in [0.15, 0.2) is 82.6 Å². The Morgan fingerprint density at radius 3 is 2.70 bits per heavy atom. The lowest BCUT2D eigenvalue weighted by molar-refractivity contribution is 0.0956. The first kappa shape index (κ1) is 19.7. The van der Waals surface area contributed by atoms with Crippen LogP contribution in [0, 0.1) is 0 Å². The van der Waals surface area contributed by atoms with E-state index in [1.807, 2.05) is 36.4 Å². The zero-order valence-electron chi connectivity index (χ0n) is 16.0. The molecule has 2 heterocycles. The van der Waals surface area contributed by atoms with Crippen LogP contribution in [0.1, 0.15) is 22.8 Å². The lowest BCUT2D eigenvalue weighted by Crippen LogP contribution is -2.20. The van der Waals surface area contributed by atoms with Crippen LogP contribution in [0.4, 0.5) is 0 Å². The maximum absolute atomic E-state index is 13.0. The topological polar surface area (TPSA) is 87.5 Å². The Labute approximate surface area is 181 Å². The number of hydrazone groups is 1. The second-order valence-electron chi connectivity index (χ2n) is 6.61. The number of phenols is 1. The molecule has 0 fully saturated rings. The van der Waals surface area contributed by atoms with E-state index in [1.54, 1.807) is 43.6 Å². The van der Waals surface area contributed by atoms with Gasteiger partial charge in [-0.3, -0.25) is 9.78 Å². The van der Waals surface area contributed by atoms with Crippen LogP contribution in [-0.4, -0.2) is 26.7 Å². The van der Waals surface area contributed by atoms with Crippen molar-refractivity contribution in [2.24, 2.45) is 5.10 Å². The molecule has 1 amide bonds. The van der Waals surface area contributed by atoms with Crippen LogP contribution in [0.2, 0.25) is 0 Å². The molecular formula is C23H17BrN4O2. The van der Waals surface area contributed by atoms with E-state index in [0.29, 0.717) is 28.0 Å². The predicted octanol–water partition coefficient (Wildman–Crippen LogP) is 4.92. The van der Waals surface area contributed by atoms with Gasteiger partial charge in [-0.1, -0.05) is 34.1 Å². The molecule has 0 bridgehead atoms. The molecule has 0 aliphatic heterocycles. The number of carbonyl (C=O) groups is 1. The van der Waals surface area contributed by atoms with Crippen LogP contribution < -0.4 is 5.43 Å². The van der Waals surface area contributed by atoms with E-state index in [-0.39, 0.29) is 11.7 Å². The van der Waals surface area contributed by atoms with Crippen molar-refractivity contribution in [3.05, 3.63) is 88.7 Å². The smallest absolute Gasteiger partial charge is 0.272 e. The highest BCUT2D eigenvalue weighted by Gasteiger charge is 2.14. The Bertz CT molecular complexity index is 1270. The maximum Gasteiger partial charge on any atom is 0.272 e. The minimum Gasteiger partial charge on any atom is -0.507 e. The number of halogens is 1. The molecule has 0 unspecified atom stereocenters. The summed E-state index contributed by atoms with van der Waals surface area (Å²) in [5, 5.41) is 15.0. The second-order valence-corrected chi connectivity index (χ2v) is 7.53. The summed E-state index contributed by atoms with van der Waals surface area (Å²) in [5.41, 5.74) is 6.22. The standard InChI is InChI=1S/C23H17BrN4O2/c1-14(18-11-16(24)8-9-22(18)29)27-28-23(30)19-12-21(15-5-4-10-25-13-15)26-20-7-3-2-6-17(19)20/h2-13,29H,1H3,(H,28,30)/b27-14-. The fourth-order valence-corrected chi connectivity index (χ4v) is 3.44. The van der Waals surface area contributed by atoms with Crippen molar-refractivity contribution in [3.63, 3.8) is 0 Å². The molecule has 4 rings (SSSR count). The Kier molecular flexibility index (Phi) is 5.54. The van der Waals surface area contributed by atoms with Gasteiger partial charge in [-0.2, -0.15) is 5.10 Å². The highest BCUT2D eigenvalue weighted by Crippen LogP contribution is 2.25. The summed E-state index contributed by atoms with van der Waals surface area (Å²) in [7, 11) is 0. The maximum atomic E-state index is 13.0. The van der Waals surface area contributed by atoms with E-state index >= 15 is 0 Å². The number of benzene rings is 2. The van der Waals surface area contributed by atoms with Gasteiger partial charge in [0, 0.05) is 33.4 Å². The van der Waals surface area contributed by atoms with Crippen LogP contribution in [0.3, 0.4) is 0 Å². The van der Waals surface area contributed by atoms with Gasteiger partial charge in [-0.15, -0.1) is 0 Å². The molecule has 4 aromatic rings. The van der Waals surface area contributed by atoms with Crippen LogP contribution in [0.25, 0.3) is 22.2 Å². The number of pyridine rings is 2. The van der Waals surface area contributed by atoms with Crippen molar-refractivity contribution < 1.29 is 9.90 Å². The SMILES string of the molecule is C/C(=N/NC(=O)c1cc(-c2cccnc2)nc2ccccc12)c1cc(Br)ccc1O. The van der Waals surface area contributed by atoms with Crippen molar-refractivity contribution in [1.82, 2.24) is 15.4 Å². The van der Waals surface area contributed by atoms with E-state index in [2.05, 4.69) is 36.4 Å². The second kappa shape index (κ2) is 8.42. The third-order valence-electron chi connectivity index (χ3n) is 4.59. The first-order valence-corrected chi connectivity index (χ1v) is 9.96. The molecule has 0 aliphatic rings. The molecule has 0 atom stereocenters. The van der Waals surface area contributed by atoms with Crippen molar-refractivity contribution in [1.29, 1.82) is 0 Å². The summed E-state index contributed by atoms with van der Waals surface area (Å²) in [5.74, 6) is -0.283. The van der Waals surface area contributed by atoms with Gasteiger partial charge in [0.1, 0.15) is 5.75 Å². The van der Waals surface area contributed by atoms with Crippen LogP contribution in [-0.2, 0) is 0 Å².